The number of aromatic nitrogens is 2. The number of anilines is 2. The van der Waals surface area contributed by atoms with Crippen molar-refractivity contribution in [2.75, 3.05) is 5.32 Å². The average molecular weight is 396 g/mol. The molecule has 0 unspecified atom stereocenters. The van der Waals surface area contributed by atoms with Gasteiger partial charge in [0.05, 0.1) is 16.9 Å². The summed E-state index contributed by atoms with van der Waals surface area (Å²) in [4.78, 5) is 20.0. The van der Waals surface area contributed by atoms with Crippen molar-refractivity contribution < 1.29 is 4.39 Å². The smallest absolute Gasteiger partial charge is 0.256 e. The van der Waals surface area contributed by atoms with Gasteiger partial charge in [0.25, 0.3) is 5.56 Å². The fourth-order valence-electron chi connectivity index (χ4n) is 3.42. The van der Waals surface area contributed by atoms with E-state index in [4.69, 9.17) is 11.6 Å². The predicted molar refractivity (Wildman–Crippen MR) is 112 cm³/mol. The minimum absolute atomic E-state index is 0.0684. The molecule has 1 aromatic carbocycles. The van der Waals surface area contributed by atoms with Crippen LogP contribution in [0.4, 0.5) is 15.8 Å². The van der Waals surface area contributed by atoms with E-state index >= 15 is 0 Å². The van der Waals surface area contributed by atoms with Gasteiger partial charge in [-0.05, 0) is 36.2 Å². The first-order chi connectivity index (χ1) is 13.4. The van der Waals surface area contributed by atoms with Crippen LogP contribution in [0.1, 0.15) is 36.7 Å². The quantitative estimate of drug-likeness (QED) is 0.598. The van der Waals surface area contributed by atoms with Gasteiger partial charge in [-0.3, -0.25) is 9.78 Å². The van der Waals surface area contributed by atoms with E-state index in [1.54, 1.807) is 12.3 Å². The van der Waals surface area contributed by atoms with Crippen LogP contribution in [0.25, 0.3) is 17.2 Å². The first-order valence-electron chi connectivity index (χ1n) is 9.08. The molecule has 142 valence electrons. The highest BCUT2D eigenvalue weighted by molar-refractivity contribution is 6.30. The van der Waals surface area contributed by atoms with E-state index in [1.807, 2.05) is 26.0 Å². The third-order valence-electron chi connectivity index (χ3n) is 4.81. The minimum Gasteiger partial charge on any atom is -0.353 e. The van der Waals surface area contributed by atoms with Gasteiger partial charge in [-0.1, -0.05) is 37.6 Å². The monoisotopic (exact) mass is 395 g/mol. The maximum Gasteiger partial charge on any atom is 0.256 e. The van der Waals surface area contributed by atoms with Gasteiger partial charge in [-0.2, -0.15) is 0 Å². The van der Waals surface area contributed by atoms with Crippen molar-refractivity contribution in [2.45, 2.75) is 26.2 Å². The molecule has 0 aliphatic heterocycles. The molecule has 6 heteroatoms. The normalized spacial score (nSPS) is 12.5. The molecule has 1 aliphatic rings. The second-order valence-electron chi connectivity index (χ2n) is 7.07. The summed E-state index contributed by atoms with van der Waals surface area (Å²) >= 11 is 6.03. The number of fused-ring (bicyclic) bond motifs is 1. The Labute approximate surface area is 167 Å². The molecule has 1 aliphatic carbocycles. The summed E-state index contributed by atoms with van der Waals surface area (Å²) in [5, 5.41) is 3.78. The number of H-pyrrole nitrogens is 1. The van der Waals surface area contributed by atoms with E-state index < -0.39 is 5.82 Å². The van der Waals surface area contributed by atoms with E-state index in [0.29, 0.717) is 5.02 Å². The summed E-state index contributed by atoms with van der Waals surface area (Å²) in [5.74, 6) is -0.426. The number of aromatic amines is 1. The second-order valence-corrected chi connectivity index (χ2v) is 7.51. The molecule has 0 spiro atoms. The van der Waals surface area contributed by atoms with Crippen molar-refractivity contribution in [3.05, 3.63) is 80.7 Å². The molecular formula is C22H19ClFN3O. The van der Waals surface area contributed by atoms with Crippen LogP contribution in [-0.2, 0) is 6.42 Å². The lowest BCUT2D eigenvalue weighted by molar-refractivity contribution is 0.631. The Hall–Kier alpha value is -2.92. The van der Waals surface area contributed by atoms with E-state index in [9.17, 15) is 9.18 Å². The number of benzene rings is 1. The molecule has 0 amide bonds. The maximum absolute atomic E-state index is 14.4. The summed E-state index contributed by atoms with van der Waals surface area (Å²) in [6.07, 6.45) is 6.65. The van der Waals surface area contributed by atoms with Crippen molar-refractivity contribution >= 4 is 29.1 Å². The highest BCUT2D eigenvalue weighted by atomic mass is 35.5. The molecule has 0 atom stereocenters. The molecule has 2 N–H and O–H groups in total. The molecule has 3 aromatic rings. The Kier molecular flexibility index (Phi) is 4.77. The number of halogens is 2. The average Bonchev–Trinajstić information content (AvgIpc) is 3.14. The lowest BCUT2D eigenvalue weighted by Gasteiger charge is -2.18. The molecule has 2 aromatic heterocycles. The molecule has 2 heterocycles. The van der Waals surface area contributed by atoms with Crippen LogP contribution in [-0.4, -0.2) is 9.97 Å². The first kappa shape index (κ1) is 18.4. The van der Waals surface area contributed by atoms with Gasteiger partial charge in [-0.25, -0.2) is 4.39 Å². The van der Waals surface area contributed by atoms with Crippen molar-refractivity contribution in [3.63, 3.8) is 0 Å². The van der Waals surface area contributed by atoms with Crippen molar-refractivity contribution in [1.29, 1.82) is 0 Å². The lowest BCUT2D eigenvalue weighted by atomic mass is 10.0. The second kappa shape index (κ2) is 7.24. The van der Waals surface area contributed by atoms with Crippen molar-refractivity contribution in [1.82, 2.24) is 9.97 Å². The number of hydrogen-bond acceptors (Lipinski definition) is 3. The minimum atomic E-state index is -0.495. The number of nitrogens with one attached hydrogen (secondary N) is 2. The molecule has 0 fully saturated rings. The fourth-order valence-corrected chi connectivity index (χ4v) is 3.59. The zero-order valence-electron chi connectivity index (χ0n) is 15.5. The number of allylic oxidation sites excluding steroid dienone is 1. The number of hydrogen-bond donors (Lipinski definition) is 2. The van der Waals surface area contributed by atoms with Gasteiger partial charge in [0.15, 0.2) is 0 Å². The van der Waals surface area contributed by atoms with Gasteiger partial charge in [0.1, 0.15) is 5.82 Å². The fraction of sp³-hybridized carbons (Fsp3) is 0.182. The van der Waals surface area contributed by atoms with Crippen molar-refractivity contribution in [2.24, 2.45) is 0 Å². The highest BCUT2D eigenvalue weighted by Crippen LogP contribution is 2.33. The topological polar surface area (TPSA) is 57.8 Å². The Morgan fingerprint density at radius 3 is 2.79 bits per heavy atom. The van der Waals surface area contributed by atoms with E-state index in [-0.39, 0.29) is 22.6 Å². The van der Waals surface area contributed by atoms with E-state index in [0.717, 1.165) is 34.7 Å². The van der Waals surface area contributed by atoms with Gasteiger partial charge < -0.3 is 10.3 Å². The van der Waals surface area contributed by atoms with Gasteiger partial charge in [-0.15, -0.1) is 0 Å². The van der Waals surface area contributed by atoms with Gasteiger partial charge in [0, 0.05) is 40.1 Å². The Bertz CT molecular complexity index is 1150. The van der Waals surface area contributed by atoms with E-state index in [2.05, 4.69) is 21.4 Å². The predicted octanol–water partition coefficient (Wildman–Crippen LogP) is 5.67. The SMILES string of the molecule is CC(C)c1[nH]c(=O)c(-c2cc(Cl)ccc2F)cc1Nc1ccnc2c1C=CC2. The van der Waals surface area contributed by atoms with Crippen LogP contribution in [0.2, 0.25) is 5.02 Å². The molecule has 28 heavy (non-hydrogen) atoms. The number of rotatable bonds is 4. The van der Waals surface area contributed by atoms with Gasteiger partial charge >= 0.3 is 0 Å². The molecule has 0 radical (unpaired) electrons. The largest absolute Gasteiger partial charge is 0.353 e. The summed E-state index contributed by atoms with van der Waals surface area (Å²) in [7, 11) is 0. The van der Waals surface area contributed by atoms with Crippen LogP contribution in [0.5, 0.6) is 0 Å². The van der Waals surface area contributed by atoms with E-state index in [1.165, 1.54) is 18.2 Å². The Morgan fingerprint density at radius 2 is 2.00 bits per heavy atom. The molecule has 0 bridgehead atoms. The number of pyridine rings is 2. The third-order valence-corrected chi connectivity index (χ3v) is 5.04. The Balaban J connectivity index is 1.87. The third kappa shape index (κ3) is 3.34. The van der Waals surface area contributed by atoms with Crippen LogP contribution >= 0.6 is 11.6 Å². The molecule has 4 rings (SSSR count). The zero-order chi connectivity index (χ0) is 19.8. The van der Waals surface area contributed by atoms with Crippen molar-refractivity contribution in [3.8, 4) is 11.1 Å². The lowest BCUT2D eigenvalue weighted by Crippen LogP contribution is -2.15. The summed E-state index contributed by atoms with van der Waals surface area (Å²) in [6.45, 7) is 3.99. The molecular weight excluding hydrogens is 377 g/mol. The van der Waals surface area contributed by atoms with Gasteiger partial charge in [0.2, 0.25) is 0 Å². The van der Waals surface area contributed by atoms with Crippen LogP contribution < -0.4 is 10.9 Å². The van der Waals surface area contributed by atoms with Crippen LogP contribution in [0.15, 0.2) is 47.4 Å². The Morgan fingerprint density at radius 1 is 1.18 bits per heavy atom. The summed E-state index contributed by atoms with van der Waals surface area (Å²) in [6, 6.07) is 7.77. The number of nitrogens with zero attached hydrogens (tertiary/aromatic N) is 1. The molecule has 0 saturated heterocycles. The summed E-state index contributed by atoms with van der Waals surface area (Å²) in [5.41, 5.74) is 4.45. The standard InChI is InChI=1S/C22H19ClFN3O/c1-12(2)21-20(26-19-8-9-25-18-5-3-4-14(18)19)11-16(22(28)27-21)15-10-13(23)6-7-17(15)24/h3-4,6-12H,5H2,1-2H3,(H,25,26)(H,27,28). The summed E-state index contributed by atoms with van der Waals surface area (Å²) < 4.78 is 14.4. The zero-order valence-corrected chi connectivity index (χ0v) is 16.3. The highest BCUT2D eigenvalue weighted by Gasteiger charge is 2.18. The van der Waals surface area contributed by atoms with Crippen LogP contribution in [0, 0.1) is 5.82 Å². The maximum atomic E-state index is 14.4. The first-order valence-corrected chi connectivity index (χ1v) is 9.46. The molecule has 4 nitrogen and oxygen atoms in total. The van der Waals surface area contributed by atoms with Crippen LogP contribution in [0.3, 0.4) is 0 Å². The molecule has 0 saturated carbocycles.